The van der Waals surface area contributed by atoms with Crippen LogP contribution < -0.4 is 16.0 Å². The average molecular weight is 365 g/mol. The number of nitriles is 1. The molecular formula is C20H23N5O2. The van der Waals surface area contributed by atoms with Crippen LogP contribution >= 0.6 is 0 Å². The number of nitrogens with zero attached hydrogens (tertiary/aromatic N) is 4. The van der Waals surface area contributed by atoms with Gasteiger partial charge in [-0.05, 0) is 45.6 Å². The molecule has 0 aromatic carbocycles. The van der Waals surface area contributed by atoms with Crippen molar-refractivity contribution in [2.45, 2.75) is 25.8 Å². The van der Waals surface area contributed by atoms with E-state index in [0.717, 1.165) is 24.2 Å². The SMILES string of the molecule is Cc1cc2c(c(=O)n1CCCN(C)C)C(c1cccnc1)C(C#N)=C(N)O2. The Morgan fingerprint density at radius 3 is 2.85 bits per heavy atom. The fraction of sp³-hybridized carbons (Fsp3) is 0.350. The van der Waals surface area contributed by atoms with E-state index in [0.29, 0.717) is 17.9 Å². The highest BCUT2D eigenvalue weighted by molar-refractivity contribution is 5.54. The van der Waals surface area contributed by atoms with Crippen molar-refractivity contribution in [2.75, 3.05) is 20.6 Å². The van der Waals surface area contributed by atoms with E-state index in [-0.39, 0.29) is 17.0 Å². The summed E-state index contributed by atoms with van der Waals surface area (Å²) in [4.78, 5) is 19.6. The van der Waals surface area contributed by atoms with Gasteiger partial charge in [-0.15, -0.1) is 0 Å². The standard InChI is InChI=1S/C20H23N5O2/c1-13-10-16-18(20(26)25(13)9-5-8-24(2)3)17(14-6-4-7-23-12-14)15(11-21)19(22)27-16/h4,6-7,10,12,17H,5,8-9,22H2,1-3H3. The van der Waals surface area contributed by atoms with Gasteiger partial charge in [-0.2, -0.15) is 5.26 Å². The van der Waals surface area contributed by atoms with E-state index in [1.165, 1.54) is 0 Å². The highest BCUT2D eigenvalue weighted by Gasteiger charge is 2.34. The van der Waals surface area contributed by atoms with Gasteiger partial charge in [0.05, 0.1) is 11.5 Å². The molecule has 0 spiro atoms. The maximum Gasteiger partial charge on any atom is 0.258 e. The van der Waals surface area contributed by atoms with Crippen LogP contribution in [0.3, 0.4) is 0 Å². The molecule has 140 valence electrons. The molecule has 0 saturated carbocycles. The summed E-state index contributed by atoms with van der Waals surface area (Å²) in [6.45, 7) is 3.35. The number of rotatable bonds is 5. The van der Waals surface area contributed by atoms with Crippen LogP contribution in [-0.2, 0) is 6.54 Å². The second-order valence-corrected chi connectivity index (χ2v) is 6.89. The van der Waals surface area contributed by atoms with Gasteiger partial charge in [0.15, 0.2) is 0 Å². The van der Waals surface area contributed by atoms with E-state index >= 15 is 0 Å². The fourth-order valence-corrected chi connectivity index (χ4v) is 3.39. The molecule has 0 radical (unpaired) electrons. The summed E-state index contributed by atoms with van der Waals surface area (Å²) < 4.78 is 7.38. The molecule has 3 heterocycles. The molecule has 7 nitrogen and oxygen atoms in total. The minimum absolute atomic E-state index is 0.0306. The lowest BCUT2D eigenvalue weighted by Gasteiger charge is -2.27. The molecule has 1 atom stereocenters. The zero-order chi connectivity index (χ0) is 19.6. The zero-order valence-corrected chi connectivity index (χ0v) is 15.8. The summed E-state index contributed by atoms with van der Waals surface area (Å²) >= 11 is 0. The Balaban J connectivity index is 2.15. The van der Waals surface area contributed by atoms with Gasteiger partial charge in [-0.1, -0.05) is 6.07 Å². The Labute approximate surface area is 158 Å². The first-order valence-electron chi connectivity index (χ1n) is 8.80. The van der Waals surface area contributed by atoms with Crippen LogP contribution in [-0.4, -0.2) is 35.1 Å². The zero-order valence-electron chi connectivity index (χ0n) is 15.8. The van der Waals surface area contributed by atoms with Crippen LogP contribution in [0.25, 0.3) is 0 Å². The lowest BCUT2D eigenvalue weighted by atomic mass is 9.85. The van der Waals surface area contributed by atoms with Crippen LogP contribution in [0.4, 0.5) is 0 Å². The smallest absolute Gasteiger partial charge is 0.258 e. The molecule has 2 N–H and O–H groups in total. The molecule has 0 aliphatic carbocycles. The minimum atomic E-state index is -0.583. The number of aryl methyl sites for hydroxylation is 1. The Bertz CT molecular complexity index is 970. The summed E-state index contributed by atoms with van der Waals surface area (Å²) in [5.41, 5.74) is 8.04. The molecule has 2 aromatic rings. The van der Waals surface area contributed by atoms with E-state index < -0.39 is 5.92 Å². The van der Waals surface area contributed by atoms with Crippen molar-refractivity contribution < 1.29 is 4.74 Å². The third-order valence-corrected chi connectivity index (χ3v) is 4.69. The molecule has 7 heteroatoms. The van der Waals surface area contributed by atoms with E-state index in [9.17, 15) is 10.1 Å². The Kier molecular flexibility index (Phi) is 5.28. The molecule has 3 rings (SSSR count). The second-order valence-electron chi connectivity index (χ2n) is 6.89. The molecule has 0 fully saturated rings. The van der Waals surface area contributed by atoms with Gasteiger partial charge < -0.3 is 19.9 Å². The quantitative estimate of drug-likeness (QED) is 0.866. The topological polar surface area (TPSA) is 97.2 Å². The van der Waals surface area contributed by atoms with Crippen molar-refractivity contribution in [2.24, 2.45) is 5.73 Å². The average Bonchev–Trinajstić information content (AvgIpc) is 2.63. The first kappa shape index (κ1) is 18.7. The summed E-state index contributed by atoms with van der Waals surface area (Å²) in [7, 11) is 4.00. The van der Waals surface area contributed by atoms with Crippen LogP contribution in [0.2, 0.25) is 0 Å². The summed E-state index contributed by atoms with van der Waals surface area (Å²) in [6, 6.07) is 7.54. The molecule has 2 aromatic heterocycles. The maximum atomic E-state index is 13.3. The summed E-state index contributed by atoms with van der Waals surface area (Å²) in [6.07, 6.45) is 4.14. The van der Waals surface area contributed by atoms with Crippen LogP contribution in [0.5, 0.6) is 5.75 Å². The molecule has 27 heavy (non-hydrogen) atoms. The highest BCUT2D eigenvalue weighted by atomic mass is 16.5. The minimum Gasteiger partial charge on any atom is -0.440 e. The number of hydrogen-bond acceptors (Lipinski definition) is 6. The van der Waals surface area contributed by atoms with Crippen molar-refractivity contribution in [3.63, 3.8) is 0 Å². The van der Waals surface area contributed by atoms with Crippen LogP contribution in [0, 0.1) is 18.3 Å². The van der Waals surface area contributed by atoms with Gasteiger partial charge in [0, 0.05) is 30.7 Å². The third kappa shape index (κ3) is 3.57. The van der Waals surface area contributed by atoms with E-state index in [4.69, 9.17) is 10.5 Å². The van der Waals surface area contributed by atoms with Gasteiger partial charge in [0.1, 0.15) is 17.4 Å². The Morgan fingerprint density at radius 1 is 1.44 bits per heavy atom. The van der Waals surface area contributed by atoms with E-state index in [1.807, 2.05) is 33.2 Å². The maximum absolute atomic E-state index is 13.3. The lowest BCUT2D eigenvalue weighted by Crippen LogP contribution is -2.33. The molecule has 1 unspecified atom stereocenters. The van der Waals surface area contributed by atoms with Gasteiger partial charge >= 0.3 is 0 Å². The van der Waals surface area contributed by atoms with Gasteiger partial charge in [0.2, 0.25) is 5.88 Å². The van der Waals surface area contributed by atoms with Crippen molar-refractivity contribution >= 4 is 0 Å². The molecular weight excluding hydrogens is 342 g/mol. The number of pyridine rings is 2. The number of aromatic nitrogens is 2. The third-order valence-electron chi connectivity index (χ3n) is 4.69. The molecule has 1 aliphatic heterocycles. The Morgan fingerprint density at radius 2 is 2.22 bits per heavy atom. The Hall–Kier alpha value is -3.11. The van der Waals surface area contributed by atoms with E-state index in [2.05, 4.69) is 16.0 Å². The van der Waals surface area contributed by atoms with Crippen molar-refractivity contribution in [1.29, 1.82) is 5.26 Å². The summed E-state index contributed by atoms with van der Waals surface area (Å²) in [5, 5.41) is 9.63. The second kappa shape index (κ2) is 7.64. The number of nitrogens with two attached hydrogens (primary N) is 1. The van der Waals surface area contributed by atoms with Gasteiger partial charge in [-0.3, -0.25) is 9.78 Å². The number of ether oxygens (including phenoxy) is 1. The van der Waals surface area contributed by atoms with Crippen LogP contribution in [0.15, 0.2) is 46.8 Å². The normalized spacial score (nSPS) is 16.0. The van der Waals surface area contributed by atoms with Crippen molar-refractivity contribution in [1.82, 2.24) is 14.5 Å². The monoisotopic (exact) mass is 365 g/mol. The molecule has 0 saturated heterocycles. The number of hydrogen-bond donors (Lipinski definition) is 1. The fourth-order valence-electron chi connectivity index (χ4n) is 3.39. The molecule has 0 bridgehead atoms. The van der Waals surface area contributed by atoms with Crippen molar-refractivity contribution in [3.05, 3.63) is 69.2 Å². The first-order chi connectivity index (χ1) is 12.9. The van der Waals surface area contributed by atoms with Gasteiger partial charge in [0.25, 0.3) is 5.56 Å². The van der Waals surface area contributed by atoms with Gasteiger partial charge in [-0.25, -0.2) is 0 Å². The molecule has 1 aliphatic rings. The number of fused-ring (bicyclic) bond motifs is 1. The first-order valence-corrected chi connectivity index (χ1v) is 8.80. The summed E-state index contributed by atoms with van der Waals surface area (Å²) in [5.74, 6) is -0.143. The highest BCUT2D eigenvalue weighted by Crippen LogP contribution is 2.40. The lowest BCUT2D eigenvalue weighted by molar-refractivity contribution is 0.375. The largest absolute Gasteiger partial charge is 0.440 e. The number of allylic oxidation sites excluding steroid dienone is 1. The molecule has 0 amide bonds. The van der Waals surface area contributed by atoms with E-state index in [1.54, 1.807) is 23.0 Å². The van der Waals surface area contributed by atoms with Crippen LogP contribution in [0.1, 0.15) is 29.2 Å². The van der Waals surface area contributed by atoms with Crippen molar-refractivity contribution in [3.8, 4) is 11.8 Å². The predicted molar refractivity (Wildman–Crippen MR) is 102 cm³/mol. The predicted octanol–water partition coefficient (Wildman–Crippen LogP) is 1.72.